The third-order valence-electron chi connectivity index (χ3n) is 22.6. The first-order chi connectivity index (χ1) is 64.3. The van der Waals surface area contributed by atoms with Crippen LogP contribution in [0, 0.1) is 43.2 Å². The molecular weight excluding hydrogens is 1950 g/mol. The summed E-state index contributed by atoms with van der Waals surface area (Å²) in [5.74, 6) is 15.5. The molecule has 0 saturated carbocycles. The number of halogens is 2. The van der Waals surface area contributed by atoms with E-state index in [9.17, 15) is 14.4 Å². The van der Waals surface area contributed by atoms with Gasteiger partial charge in [-0.05, 0) is 274 Å². The van der Waals surface area contributed by atoms with E-state index in [0.29, 0.717) is 16.7 Å². The second-order valence-electron chi connectivity index (χ2n) is 30.5. The van der Waals surface area contributed by atoms with Crippen molar-refractivity contribution in [2.45, 2.75) is 0 Å². The molecule has 0 unspecified atom stereocenters. The molecule has 0 radical (unpaired) electrons. The fourth-order valence-electron chi connectivity index (χ4n) is 16.6. The van der Waals surface area contributed by atoms with Crippen molar-refractivity contribution in [2.75, 3.05) is 21.3 Å². The molecule has 134 heavy (non-hydrogen) atoms. The summed E-state index contributed by atoms with van der Waals surface area (Å²) in [5, 5.41) is 22.5. The molecule has 16 heteroatoms. The van der Waals surface area contributed by atoms with Crippen molar-refractivity contribution >= 4 is 201 Å². The maximum atomic E-state index is 16.4. The number of hydrogen-bond acceptors (Lipinski definition) is 7. The SMILES string of the molecule is C#Cc1ccc(C(=O)OC)cc1.COC(=O)c1ccc(C#Cc2cc(P(c3ccccc3)c3ccccc3)c(-c3c(P(c4ccccc4)c4ccccc4)cc(C#Cc4ccc(C(=O)OC)cc4)c4ccccc34)c3ccccc23)cc1.O.O.O.O=P(c1ccccc1)(c1ccccc1)c1cc(I)c2ccccc2c1-c1c(P(c2ccccc2)c2ccccc2)cc(I)c2ccccc12. The summed E-state index contributed by atoms with van der Waals surface area (Å²) in [5.41, 5.74) is 10.1. The number of terminal acetylenes is 1. The molecule has 654 valence electrons. The quantitative estimate of drug-likeness (QED) is 0.0285. The molecule has 0 aromatic heterocycles. The van der Waals surface area contributed by atoms with Gasteiger partial charge in [-0.15, -0.1) is 6.42 Å². The van der Waals surface area contributed by atoms with Crippen LogP contribution >= 0.6 is 76.1 Å². The van der Waals surface area contributed by atoms with E-state index in [-0.39, 0.29) is 34.3 Å². The van der Waals surface area contributed by atoms with E-state index in [2.05, 4.69) is 383 Å². The van der Waals surface area contributed by atoms with Crippen molar-refractivity contribution in [3.63, 3.8) is 0 Å². The average molecular weight is 2040 g/mol. The Hall–Kier alpha value is -13.8. The predicted molar refractivity (Wildman–Crippen MR) is 579 cm³/mol. The van der Waals surface area contributed by atoms with Gasteiger partial charge in [-0.1, -0.05) is 369 Å². The van der Waals surface area contributed by atoms with Crippen LogP contribution in [0.1, 0.15) is 58.9 Å². The van der Waals surface area contributed by atoms with Gasteiger partial charge in [0, 0.05) is 56.4 Å². The van der Waals surface area contributed by atoms with Crippen LogP contribution in [0.15, 0.2) is 437 Å². The van der Waals surface area contributed by atoms with E-state index in [1.807, 2.05) is 84.9 Å². The number of ether oxygens (including phenoxy) is 3. The Labute approximate surface area is 811 Å². The lowest BCUT2D eigenvalue weighted by atomic mass is 9.90. The summed E-state index contributed by atoms with van der Waals surface area (Å²) >= 11 is 4.96. The Balaban J connectivity index is 0.000000195. The van der Waals surface area contributed by atoms with Gasteiger partial charge in [0.15, 0.2) is 7.14 Å². The first-order valence-corrected chi connectivity index (χ1v) is 50.2. The zero-order valence-corrected chi connectivity index (χ0v) is 80.9. The summed E-state index contributed by atoms with van der Waals surface area (Å²) in [7, 11) is -2.63. The summed E-state index contributed by atoms with van der Waals surface area (Å²) in [6, 6.07) is 151. The number of hydrogen-bond donors (Lipinski definition) is 0. The van der Waals surface area contributed by atoms with Gasteiger partial charge in [0.05, 0.1) is 38.0 Å². The third-order valence-corrected chi connectivity index (χ3v) is 34.9. The minimum atomic E-state index is -3.39. The van der Waals surface area contributed by atoms with Crippen LogP contribution in [-0.4, -0.2) is 55.7 Å². The van der Waals surface area contributed by atoms with Crippen molar-refractivity contribution in [3.05, 3.63) is 488 Å². The van der Waals surface area contributed by atoms with Crippen molar-refractivity contribution in [1.82, 2.24) is 0 Å². The molecule has 0 saturated heterocycles. The van der Waals surface area contributed by atoms with E-state index in [0.717, 1.165) is 102 Å². The highest BCUT2D eigenvalue weighted by molar-refractivity contribution is 14.1. The highest BCUT2D eigenvalue weighted by atomic mass is 127. The molecule has 0 aliphatic rings. The fourth-order valence-corrected chi connectivity index (χ4v) is 29.0. The van der Waals surface area contributed by atoms with Crippen LogP contribution in [0.3, 0.4) is 0 Å². The number of esters is 3. The van der Waals surface area contributed by atoms with Gasteiger partial charge in [0.1, 0.15) is 0 Å². The lowest BCUT2D eigenvalue weighted by molar-refractivity contribution is 0.0592. The van der Waals surface area contributed by atoms with Crippen LogP contribution in [0.25, 0.3) is 65.3 Å². The van der Waals surface area contributed by atoms with Gasteiger partial charge in [-0.2, -0.15) is 0 Å². The molecule has 0 atom stereocenters. The number of methoxy groups -OCH3 is 3. The molecule has 0 aliphatic carbocycles. The third kappa shape index (κ3) is 20.7. The molecule has 0 spiro atoms. The molecule has 0 aliphatic heterocycles. The molecule has 0 amide bonds. The zero-order valence-electron chi connectivity index (χ0n) is 73.0. The Morgan fingerprint density at radius 1 is 0.269 bits per heavy atom. The fraction of sp³-hybridized carbons (Fsp3) is 0.0254. The smallest absolute Gasteiger partial charge is 0.337 e. The van der Waals surface area contributed by atoms with Crippen molar-refractivity contribution in [3.8, 4) is 58.3 Å². The van der Waals surface area contributed by atoms with Crippen LogP contribution < -0.4 is 63.7 Å². The lowest BCUT2D eigenvalue weighted by Gasteiger charge is -2.29. The number of carbonyl (C=O) groups is 3. The average Bonchev–Trinajstić information content (AvgIpc) is 0.711. The van der Waals surface area contributed by atoms with Gasteiger partial charge in [-0.3, -0.25) is 0 Å². The van der Waals surface area contributed by atoms with Crippen molar-refractivity contribution in [2.24, 2.45) is 0 Å². The second kappa shape index (κ2) is 45.1. The van der Waals surface area contributed by atoms with E-state index < -0.39 is 30.9 Å². The minimum absolute atomic E-state index is 0. The minimum Gasteiger partial charge on any atom is -0.465 e. The Morgan fingerprint density at radius 3 is 0.791 bits per heavy atom. The van der Waals surface area contributed by atoms with Gasteiger partial charge < -0.3 is 35.2 Å². The van der Waals surface area contributed by atoms with Crippen LogP contribution in [0.4, 0.5) is 0 Å². The molecule has 10 nitrogen and oxygen atoms in total. The number of benzene rings is 19. The van der Waals surface area contributed by atoms with Gasteiger partial charge >= 0.3 is 17.9 Å². The first-order valence-electron chi connectivity index (χ1n) is 42.4. The molecule has 0 heterocycles. The monoisotopic (exact) mass is 2040 g/mol. The maximum absolute atomic E-state index is 16.4. The van der Waals surface area contributed by atoms with E-state index in [1.54, 1.807) is 48.5 Å². The van der Waals surface area contributed by atoms with E-state index >= 15 is 4.57 Å². The highest BCUT2D eigenvalue weighted by Crippen LogP contribution is 2.52. The molecule has 0 fully saturated rings. The predicted octanol–water partition coefficient (Wildman–Crippen LogP) is 20.8. The number of fused-ring (bicyclic) bond motifs is 4. The molecule has 0 bridgehead atoms. The molecule has 19 aromatic carbocycles. The number of rotatable bonds is 17. The molecule has 19 rings (SSSR count). The standard InChI is InChI=1S/C64H44O4P2.C44H30I2OP2.C10H8O2.3H2O/c1-67-63(65)47-37-31-45(32-38-47)35-41-49-43-59(69(51-19-7-3-8-20-51)52-21-9-4-10-22-52)61(57-29-17-15-27-55(49)57)62-58-30-18-16-28-56(58)50(42-36-46-33-39-48(40-34-46)64(66)68-2)44-60(62)70(53-23-11-5-12-24-53)54-25-13-6-14-26-54;45-39-29-41(48(31-17-5-1-6-18-31)32-19-7-2-8-20-32)43(37-27-15-13-25-35(37)39)44-38-28-16-14-26-36(38)40(46)30-42(44)49(47,33-21-9-3-10-22-33)34-23-11-4-12-24-34;1-3-8-4-6-9(7-5-8)10(11)12-2;;;/h3-34,37-40,43-44H,1-2H3;1-30H;1,4-7H,2H3;3*1H2. The Morgan fingerprint density at radius 2 is 0.500 bits per heavy atom. The van der Waals surface area contributed by atoms with Crippen molar-refractivity contribution in [1.29, 1.82) is 0 Å². The maximum Gasteiger partial charge on any atom is 0.337 e. The second-order valence-corrected chi connectivity index (χ2v) is 42.1. The topological polar surface area (TPSA) is 190 Å². The Bertz CT molecular complexity index is 7250. The molecule has 6 N–H and O–H groups in total. The normalized spacial score (nSPS) is 10.7. The summed E-state index contributed by atoms with van der Waals surface area (Å²) in [6.45, 7) is 0. The van der Waals surface area contributed by atoms with E-state index in [4.69, 9.17) is 15.9 Å². The largest absolute Gasteiger partial charge is 0.465 e. The van der Waals surface area contributed by atoms with Gasteiger partial charge in [0.2, 0.25) is 0 Å². The Kier molecular flexibility index (Phi) is 32.4. The van der Waals surface area contributed by atoms with Crippen molar-refractivity contribution < 1.29 is 49.6 Å². The summed E-state index contributed by atoms with van der Waals surface area (Å²) in [6.07, 6.45) is 5.14. The first kappa shape index (κ1) is 96.2. The number of carbonyl (C=O) groups excluding carboxylic acids is 3. The summed E-state index contributed by atoms with van der Waals surface area (Å²) < 4.78 is 33.2. The molecule has 19 aromatic rings. The van der Waals surface area contributed by atoms with Gasteiger partial charge in [0.25, 0.3) is 0 Å². The van der Waals surface area contributed by atoms with Gasteiger partial charge in [-0.25, -0.2) is 14.4 Å². The van der Waals surface area contributed by atoms with Crippen LogP contribution in [0.2, 0.25) is 0 Å². The van der Waals surface area contributed by atoms with Crippen LogP contribution in [0.5, 0.6) is 0 Å². The van der Waals surface area contributed by atoms with Crippen LogP contribution in [-0.2, 0) is 18.8 Å². The molecular formula is C118H88I2O10P4. The zero-order chi connectivity index (χ0) is 90.2. The van der Waals surface area contributed by atoms with E-state index in [1.165, 1.54) is 83.4 Å². The summed E-state index contributed by atoms with van der Waals surface area (Å²) in [4.78, 5) is 35.6. The highest BCUT2D eigenvalue weighted by Gasteiger charge is 2.37. The lowest BCUT2D eigenvalue weighted by Crippen LogP contribution is -2.29.